The highest BCUT2D eigenvalue weighted by Crippen LogP contribution is 2.28. The molecule has 3 aromatic rings. The summed E-state index contributed by atoms with van der Waals surface area (Å²) in [5, 5.41) is 5.67. The van der Waals surface area contributed by atoms with Crippen molar-refractivity contribution < 1.29 is 4.39 Å². The van der Waals surface area contributed by atoms with E-state index in [9.17, 15) is 4.39 Å². The Balaban J connectivity index is 2.16. The fourth-order valence-electron chi connectivity index (χ4n) is 2.69. The van der Waals surface area contributed by atoms with E-state index in [1.807, 2.05) is 24.4 Å². The first-order valence-electron chi connectivity index (χ1n) is 7.11. The van der Waals surface area contributed by atoms with Crippen LogP contribution in [0.4, 0.5) is 4.39 Å². The van der Waals surface area contributed by atoms with Crippen molar-refractivity contribution in [3.63, 3.8) is 0 Å². The molecule has 1 unspecified atom stereocenters. The number of nitrogens with one attached hydrogen (secondary N) is 1. The van der Waals surface area contributed by atoms with E-state index < -0.39 is 0 Å². The molecule has 1 atom stereocenters. The van der Waals surface area contributed by atoms with Crippen molar-refractivity contribution in [3.05, 3.63) is 77.9 Å². The first kappa shape index (κ1) is 13.7. The molecule has 0 radical (unpaired) electrons. The van der Waals surface area contributed by atoms with E-state index in [-0.39, 0.29) is 11.9 Å². The Labute approximate surface area is 123 Å². The summed E-state index contributed by atoms with van der Waals surface area (Å²) in [4.78, 5) is 4.23. The zero-order valence-electron chi connectivity index (χ0n) is 11.9. The largest absolute Gasteiger partial charge is 0.307 e. The molecule has 0 spiro atoms. The van der Waals surface area contributed by atoms with Gasteiger partial charge in [0, 0.05) is 17.8 Å². The van der Waals surface area contributed by atoms with Crippen molar-refractivity contribution in [2.75, 3.05) is 6.54 Å². The summed E-state index contributed by atoms with van der Waals surface area (Å²) < 4.78 is 13.6. The van der Waals surface area contributed by atoms with Crippen molar-refractivity contribution in [1.29, 1.82) is 0 Å². The molecule has 1 N–H and O–H groups in total. The molecule has 3 heteroatoms. The van der Waals surface area contributed by atoms with Crippen molar-refractivity contribution in [3.8, 4) is 0 Å². The van der Waals surface area contributed by atoms with Crippen LogP contribution in [0.1, 0.15) is 24.1 Å². The van der Waals surface area contributed by atoms with Crippen molar-refractivity contribution in [1.82, 2.24) is 10.3 Å². The number of halogens is 1. The Bertz CT molecular complexity index is 750. The van der Waals surface area contributed by atoms with Crippen LogP contribution in [0.25, 0.3) is 10.8 Å². The van der Waals surface area contributed by atoms with E-state index >= 15 is 0 Å². The quantitative estimate of drug-likeness (QED) is 0.779. The third kappa shape index (κ3) is 2.78. The molecule has 0 saturated heterocycles. The maximum absolute atomic E-state index is 13.6. The topological polar surface area (TPSA) is 24.9 Å². The molecule has 0 aliphatic carbocycles. The summed E-state index contributed by atoms with van der Waals surface area (Å²) in [5.74, 6) is -0.214. The van der Waals surface area contributed by atoms with Gasteiger partial charge in [-0.25, -0.2) is 4.39 Å². The minimum absolute atomic E-state index is 0.0430. The first-order valence-corrected chi connectivity index (χ1v) is 7.11. The minimum atomic E-state index is -0.214. The van der Waals surface area contributed by atoms with Gasteiger partial charge < -0.3 is 5.32 Å². The van der Waals surface area contributed by atoms with E-state index in [2.05, 4.69) is 29.4 Å². The van der Waals surface area contributed by atoms with Crippen molar-refractivity contribution in [2.24, 2.45) is 0 Å². The second kappa shape index (κ2) is 6.02. The molecule has 1 aromatic heterocycles. The Kier molecular flexibility index (Phi) is 3.93. The van der Waals surface area contributed by atoms with Crippen LogP contribution >= 0.6 is 0 Å². The molecule has 0 aliphatic rings. The van der Waals surface area contributed by atoms with Gasteiger partial charge in [0.1, 0.15) is 5.82 Å². The number of pyridine rings is 1. The molecule has 0 aliphatic heterocycles. The SMILES string of the molecule is CCNC(c1cccc(F)c1)c1cccc2ccncc12. The Morgan fingerprint density at radius 2 is 2.00 bits per heavy atom. The number of hydrogen-bond donors (Lipinski definition) is 1. The standard InChI is InChI=1S/C18H17FN2/c1-2-21-18(14-6-3-7-15(19)11-14)16-8-4-5-13-9-10-20-12-17(13)16/h3-12,18,21H,2H2,1H3. The van der Waals surface area contributed by atoms with Gasteiger partial charge in [-0.05, 0) is 41.3 Å². The molecule has 0 fully saturated rings. The van der Waals surface area contributed by atoms with Gasteiger partial charge in [-0.2, -0.15) is 0 Å². The molecule has 0 bridgehead atoms. The van der Waals surface area contributed by atoms with Gasteiger partial charge in [-0.1, -0.05) is 37.3 Å². The highest BCUT2D eigenvalue weighted by atomic mass is 19.1. The normalized spacial score (nSPS) is 12.5. The summed E-state index contributed by atoms with van der Waals surface area (Å²) in [5.41, 5.74) is 2.04. The zero-order chi connectivity index (χ0) is 14.7. The molecule has 106 valence electrons. The number of rotatable bonds is 4. The second-order valence-electron chi connectivity index (χ2n) is 4.99. The summed E-state index contributed by atoms with van der Waals surface area (Å²) in [6.07, 6.45) is 3.66. The predicted molar refractivity (Wildman–Crippen MR) is 83.7 cm³/mol. The van der Waals surface area contributed by atoms with Gasteiger partial charge in [0.2, 0.25) is 0 Å². The fourth-order valence-corrected chi connectivity index (χ4v) is 2.69. The Morgan fingerprint density at radius 1 is 1.14 bits per heavy atom. The second-order valence-corrected chi connectivity index (χ2v) is 4.99. The molecule has 2 nitrogen and oxygen atoms in total. The maximum atomic E-state index is 13.6. The average molecular weight is 280 g/mol. The van der Waals surface area contributed by atoms with Crippen LogP contribution in [-0.2, 0) is 0 Å². The molecular formula is C18H17FN2. The van der Waals surface area contributed by atoms with Crippen LogP contribution in [0, 0.1) is 5.82 Å². The van der Waals surface area contributed by atoms with E-state index in [4.69, 9.17) is 0 Å². The lowest BCUT2D eigenvalue weighted by molar-refractivity contribution is 0.605. The summed E-state index contributed by atoms with van der Waals surface area (Å²) in [6, 6.07) is 14.9. The minimum Gasteiger partial charge on any atom is -0.307 e. The van der Waals surface area contributed by atoms with Crippen LogP contribution in [0.3, 0.4) is 0 Å². The van der Waals surface area contributed by atoms with Gasteiger partial charge in [-0.15, -0.1) is 0 Å². The molecule has 0 amide bonds. The van der Waals surface area contributed by atoms with Gasteiger partial charge in [0.15, 0.2) is 0 Å². The summed E-state index contributed by atoms with van der Waals surface area (Å²) >= 11 is 0. The fraction of sp³-hybridized carbons (Fsp3) is 0.167. The van der Waals surface area contributed by atoms with Crippen LogP contribution in [-0.4, -0.2) is 11.5 Å². The summed E-state index contributed by atoms with van der Waals surface area (Å²) in [6.45, 7) is 2.85. The summed E-state index contributed by atoms with van der Waals surface area (Å²) in [7, 11) is 0. The lowest BCUT2D eigenvalue weighted by Gasteiger charge is -2.20. The third-order valence-electron chi connectivity index (χ3n) is 3.62. The Hall–Kier alpha value is -2.26. The van der Waals surface area contributed by atoms with E-state index in [0.29, 0.717) is 0 Å². The highest BCUT2D eigenvalue weighted by molar-refractivity contribution is 5.85. The monoisotopic (exact) mass is 280 g/mol. The van der Waals surface area contributed by atoms with Crippen LogP contribution in [0.2, 0.25) is 0 Å². The van der Waals surface area contributed by atoms with Crippen LogP contribution in [0.5, 0.6) is 0 Å². The van der Waals surface area contributed by atoms with Crippen LogP contribution < -0.4 is 5.32 Å². The van der Waals surface area contributed by atoms with Crippen LogP contribution in [0.15, 0.2) is 60.9 Å². The van der Waals surface area contributed by atoms with Gasteiger partial charge in [0.05, 0.1) is 6.04 Å². The number of aromatic nitrogens is 1. The number of benzene rings is 2. The zero-order valence-corrected chi connectivity index (χ0v) is 11.9. The van der Waals surface area contributed by atoms with Gasteiger partial charge in [-0.3, -0.25) is 4.98 Å². The molecule has 21 heavy (non-hydrogen) atoms. The highest BCUT2D eigenvalue weighted by Gasteiger charge is 2.16. The lowest BCUT2D eigenvalue weighted by atomic mass is 9.94. The van der Waals surface area contributed by atoms with E-state index in [1.54, 1.807) is 18.3 Å². The molecule has 3 rings (SSSR count). The first-order chi connectivity index (χ1) is 10.3. The van der Waals surface area contributed by atoms with Crippen molar-refractivity contribution >= 4 is 10.8 Å². The molecule has 2 aromatic carbocycles. The average Bonchev–Trinajstić information content (AvgIpc) is 2.52. The number of fused-ring (bicyclic) bond motifs is 1. The Morgan fingerprint density at radius 3 is 2.81 bits per heavy atom. The van der Waals surface area contributed by atoms with Crippen molar-refractivity contribution in [2.45, 2.75) is 13.0 Å². The molecule has 0 saturated carbocycles. The maximum Gasteiger partial charge on any atom is 0.123 e. The van der Waals surface area contributed by atoms with Gasteiger partial charge >= 0.3 is 0 Å². The third-order valence-corrected chi connectivity index (χ3v) is 3.62. The lowest BCUT2D eigenvalue weighted by Crippen LogP contribution is -2.22. The molecular weight excluding hydrogens is 263 g/mol. The smallest absolute Gasteiger partial charge is 0.123 e. The van der Waals surface area contributed by atoms with Gasteiger partial charge in [0.25, 0.3) is 0 Å². The number of hydrogen-bond acceptors (Lipinski definition) is 2. The van der Waals surface area contributed by atoms with E-state index in [1.165, 1.54) is 6.07 Å². The number of nitrogens with zero attached hydrogens (tertiary/aromatic N) is 1. The predicted octanol–water partition coefficient (Wildman–Crippen LogP) is 4.07. The molecule has 1 heterocycles. The van der Waals surface area contributed by atoms with E-state index in [0.717, 1.165) is 28.4 Å².